The maximum Gasteiger partial charge on any atom is 0.333 e. The molecule has 12 nitrogen and oxygen atoms in total. The third-order valence-electron chi connectivity index (χ3n) is 7.61. The third kappa shape index (κ3) is 14.2. The van der Waals surface area contributed by atoms with Crippen LogP contribution in [0.4, 0.5) is 0 Å². The van der Waals surface area contributed by atoms with Crippen LogP contribution in [0.2, 0.25) is 0 Å². The van der Waals surface area contributed by atoms with Crippen molar-refractivity contribution >= 4 is 36.2 Å². The van der Waals surface area contributed by atoms with Gasteiger partial charge in [0.15, 0.2) is 0 Å². The summed E-state index contributed by atoms with van der Waals surface area (Å²) in [6.45, 7) is 15.2. The van der Waals surface area contributed by atoms with Gasteiger partial charge in [-0.15, -0.1) is 12.4 Å². The normalized spacial score (nSPS) is 24.3. The van der Waals surface area contributed by atoms with Gasteiger partial charge in [0.1, 0.15) is 0 Å². The molecular formula is C32H57ClN4O8. The highest BCUT2D eigenvalue weighted by Crippen LogP contribution is 2.25. The van der Waals surface area contributed by atoms with E-state index < -0.39 is 12.2 Å². The molecule has 0 bridgehead atoms. The first kappa shape index (κ1) is 42.5. The van der Waals surface area contributed by atoms with Crippen molar-refractivity contribution in [3.8, 4) is 0 Å². The molecule has 260 valence electrons. The highest BCUT2D eigenvalue weighted by atomic mass is 35.5. The van der Waals surface area contributed by atoms with Crippen molar-refractivity contribution in [3.05, 3.63) is 23.3 Å². The van der Waals surface area contributed by atoms with Crippen LogP contribution < -0.4 is 22.1 Å². The van der Waals surface area contributed by atoms with Crippen LogP contribution in [0.1, 0.15) is 93.9 Å². The van der Waals surface area contributed by atoms with Gasteiger partial charge in [0.05, 0.1) is 49.7 Å². The van der Waals surface area contributed by atoms with Crippen LogP contribution in [-0.4, -0.2) is 85.5 Å². The second kappa shape index (κ2) is 22.1. The Morgan fingerprint density at radius 3 is 1.24 bits per heavy atom. The molecule has 0 aromatic rings. The van der Waals surface area contributed by atoms with Crippen molar-refractivity contribution in [1.82, 2.24) is 10.6 Å². The summed E-state index contributed by atoms with van der Waals surface area (Å²) in [5, 5.41) is 5.68. The van der Waals surface area contributed by atoms with Crippen LogP contribution in [-0.2, 0) is 38.1 Å². The maximum atomic E-state index is 12.0. The smallest absolute Gasteiger partial charge is 0.333 e. The fraction of sp³-hybridized carbons (Fsp3) is 0.750. The molecule has 0 spiro atoms. The van der Waals surface area contributed by atoms with Gasteiger partial charge in [-0.05, 0) is 64.5 Å². The van der Waals surface area contributed by atoms with E-state index >= 15 is 0 Å². The topological polar surface area (TPSA) is 181 Å². The Balaban J connectivity index is 0.000000842. The van der Waals surface area contributed by atoms with E-state index in [9.17, 15) is 19.2 Å². The summed E-state index contributed by atoms with van der Waals surface area (Å²) in [6, 6.07) is -1.44. The summed E-state index contributed by atoms with van der Waals surface area (Å²) in [7, 11) is 0. The number of rotatable bonds is 14. The lowest BCUT2D eigenvalue weighted by Gasteiger charge is -2.36. The van der Waals surface area contributed by atoms with Gasteiger partial charge in [-0.25, -0.2) is 9.59 Å². The van der Waals surface area contributed by atoms with Gasteiger partial charge in [0.25, 0.3) is 0 Å². The number of nitrogens with two attached hydrogens (primary N) is 2. The number of halogens is 1. The first-order valence-corrected chi connectivity index (χ1v) is 16.0. The Hall–Kier alpha value is -2.51. The van der Waals surface area contributed by atoms with E-state index in [-0.39, 0.29) is 72.5 Å². The summed E-state index contributed by atoms with van der Waals surface area (Å²) < 4.78 is 22.2. The van der Waals surface area contributed by atoms with Crippen LogP contribution in [0.25, 0.3) is 0 Å². The van der Waals surface area contributed by atoms with E-state index in [2.05, 4.69) is 10.6 Å². The molecule has 2 aliphatic rings. The SMILES string of the molecule is CCOC(=O)C1=C[C@@H](OC(CC)CC)[C@@H](NC(C)=O)[C@@H](N)C1.CCOC(=O)C1=C[C@H](OC(CC)CC)[C@H](NC(C)=O)[C@H](N)C1.Cl. The van der Waals surface area contributed by atoms with E-state index in [1.807, 2.05) is 27.7 Å². The number of hydrogen-bond donors (Lipinski definition) is 4. The minimum atomic E-state index is -0.419. The molecule has 45 heavy (non-hydrogen) atoms. The highest BCUT2D eigenvalue weighted by Gasteiger charge is 2.37. The quantitative estimate of drug-likeness (QED) is 0.202. The zero-order valence-corrected chi connectivity index (χ0v) is 29.1. The predicted octanol–water partition coefficient (Wildman–Crippen LogP) is 2.99. The molecule has 0 aromatic heterocycles. The number of nitrogens with one attached hydrogen (secondary N) is 2. The average molecular weight is 661 g/mol. The van der Waals surface area contributed by atoms with E-state index in [0.717, 1.165) is 25.7 Å². The fourth-order valence-corrected chi connectivity index (χ4v) is 5.24. The lowest BCUT2D eigenvalue weighted by Crippen LogP contribution is -2.57. The lowest BCUT2D eigenvalue weighted by molar-refractivity contribution is -0.140. The van der Waals surface area contributed by atoms with Gasteiger partial charge in [0.2, 0.25) is 11.8 Å². The maximum absolute atomic E-state index is 12.0. The highest BCUT2D eigenvalue weighted by molar-refractivity contribution is 5.89. The third-order valence-corrected chi connectivity index (χ3v) is 7.61. The molecule has 0 saturated carbocycles. The Labute approximate surface area is 275 Å². The first-order valence-electron chi connectivity index (χ1n) is 16.0. The molecular weight excluding hydrogens is 604 g/mol. The van der Waals surface area contributed by atoms with Gasteiger partial charge in [0, 0.05) is 37.1 Å². The molecule has 2 amide bonds. The zero-order valence-electron chi connectivity index (χ0n) is 28.3. The monoisotopic (exact) mass is 660 g/mol. The Bertz CT molecular complexity index is 922. The summed E-state index contributed by atoms with van der Waals surface area (Å²) in [4.78, 5) is 46.7. The molecule has 6 atom stereocenters. The largest absolute Gasteiger partial charge is 0.463 e. The van der Waals surface area contributed by atoms with Crippen LogP contribution in [0, 0.1) is 0 Å². The van der Waals surface area contributed by atoms with Crippen molar-refractivity contribution in [2.75, 3.05) is 13.2 Å². The predicted molar refractivity (Wildman–Crippen MR) is 176 cm³/mol. The molecule has 2 rings (SSSR count). The van der Waals surface area contributed by atoms with Crippen LogP contribution in [0.3, 0.4) is 0 Å². The van der Waals surface area contributed by atoms with Gasteiger partial charge in [-0.3, -0.25) is 9.59 Å². The van der Waals surface area contributed by atoms with Crippen molar-refractivity contribution in [1.29, 1.82) is 0 Å². The molecule has 0 radical (unpaired) electrons. The van der Waals surface area contributed by atoms with Crippen molar-refractivity contribution < 1.29 is 38.1 Å². The lowest BCUT2D eigenvalue weighted by atomic mass is 9.88. The summed E-state index contributed by atoms with van der Waals surface area (Å²) >= 11 is 0. The second-order valence-corrected chi connectivity index (χ2v) is 11.1. The minimum absolute atomic E-state index is 0. The molecule has 6 N–H and O–H groups in total. The van der Waals surface area contributed by atoms with E-state index in [4.69, 9.17) is 30.4 Å². The molecule has 0 fully saturated rings. The molecule has 0 heterocycles. The Morgan fingerprint density at radius 2 is 1.00 bits per heavy atom. The van der Waals surface area contributed by atoms with Crippen LogP contribution in [0.5, 0.6) is 0 Å². The van der Waals surface area contributed by atoms with E-state index in [0.29, 0.717) is 37.2 Å². The molecule has 13 heteroatoms. The second-order valence-electron chi connectivity index (χ2n) is 11.1. The van der Waals surface area contributed by atoms with E-state index in [1.54, 1.807) is 26.0 Å². The molecule has 0 aromatic carbocycles. The molecule has 0 unspecified atom stereocenters. The van der Waals surface area contributed by atoms with Crippen molar-refractivity contribution in [2.24, 2.45) is 11.5 Å². The number of hydrogen-bond acceptors (Lipinski definition) is 10. The molecule has 2 aliphatic carbocycles. The number of amides is 2. The molecule has 0 aliphatic heterocycles. The van der Waals surface area contributed by atoms with Crippen molar-refractivity contribution in [3.63, 3.8) is 0 Å². The van der Waals surface area contributed by atoms with Gasteiger partial charge >= 0.3 is 11.9 Å². The average Bonchev–Trinajstić information content (AvgIpc) is 2.97. The Morgan fingerprint density at radius 1 is 0.689 bits per heavy atom. The zero-order chi connectivity index (χ0) is 33.4. The number of carbonyl (C=O) groups excluding carboxylic acids is 4. The van der Waals surface area contributed by atoms with Crippen LogP contribution in [0.15, 0.2) is 23.3 Å². The standard InChI is InChI=1S/2C16H28N2O4.ClH/c2*1-5-12(6-2)22-14-9-11(16(20)21-7-3)8-13(17)15(14)18-10(4)19;/h2*9,12-15H,5-8,17H2,1-4H3,(H,18,19);1H/t2*13-,14+,15-;/m10./s1. The molecule has 0 saturated heterocycles. The van der Waals surface area contributed by atoms with Gasteiger partial charge < -0.3 is 41.0 Å². The fourth-order valence-electron chi connectivity index (χ4n) is 5.24. The van der Waals surface area contributed by atoms with Gasteiger partial charge in [-0.1, -0.05) is 27.7 Å². The van der Waals surface area contributed by atoms with Gasteiger partial charge in [-0.2, -0.15) is 0 Å². The summed E-state index contributed by atoms with van der Waals surface area (Å²) in [5.41, 5.74) is 13.4. The summed E-state index contributed by atoms with van der Waals surface area (Å²) in [5.74, 6) is -1.05. The first-order chi connectivity index (χ1) is 20.8. The van der Waals surface area contributed by atoms with Crippen LogP contribution >= 0.6 is 12.4 Å². The minimum Gasteiger partial charge on any atom is -0.463 e. The van der Waals surface area contributed by atoms with Crippen molar-refractivity contribution in [2.45, 2.75) is 142 Å². The number of ether oxygens (including phenoxy) is 4. The number of carbonyl (C=O) groups is 4. The van der Waals surface area contributed by atoms with E-state index in [1.165, 1.54) is 13.8 Å². The Kier molecular flexibility index (Phi) is 20.9. The summed E-state index contributed by atoms with van der Waals surface area (Å²) in [6.07, 6.45) is 6.95. The number of esters is 2.